The number of hydrogen-bond acceptors (Lipinski definition) is 4. The van der Waals surface area contributed by atoms with Crippen molar-refractivity contribution in [3.8, 4) is 0 Å². The molecule has 0 fully saturated rings. The maximum absolute atomic E-state index is 8.67. The number of aromatic nitrogens is 2. The van der Waals surface area contributed by atoms with Crippen molar-refractivity contribution in [1.82, 2.24) is 15.3 Å². The van der Waals surface area contributed by atoms with E-state index in [4.69, 9.17) is 10.9 Å². The Morgan fingerprint density at radius 3 is 3.12 bits per heavy atom. The van der Waals surface area contributed by atoms with Crippen LogP contribution in [0.4, 0.5) is 0 Å². The molecule has 0 aliphatic rings. The van der Waals surface area contributed by atoms with Crippen molar-refractivity contribution in [3.05, 3.63) is 29.6 Å². The lowest BCUT2D eigenvalue weighted by atomic mass is 10.2. The van der Waals surface area contributed by atoms with Gasteiger partial charge in [0.25, 0.3) is 0 Å². The van der Waals surface area contributed by atoms with Crippen LogP contribution in [-0.4, -0.2) is 28.1 Å². The third kappa shape index (κ3) is 1.70. The second-order valence-corrected chi connectivity index (χ2v) is 3.40. The first-order valence-corrected chi connectivity index (χ1v) is 4.86. The number of hydrogen-bond donors (Lipinski definition) is 4. The second-order valence-electron chi connectivity index (χ2n) is 3.40. The highest BCUT2D eigenvalue weighted by atomic mass is 16.4. The molecule has 0 atom stereocenters. The molecule has 6 nitrogen and oxygen atoms in total. The summed E-state index contributed by atoms with van der Waals surface area (Å²) in [7, 11) is 1.84. The molecular weight excluding hydrogens is 206 g/mol. The number of benzene rings is 1. The molecule has 0 amide bonds. The van der Waals surface area contributed by atoms with Crippen LogP contribution in [0.1, 0.15) is 11.4 Å². The van der Waals surface area contributed by atoms with Gasteiger partial charge in [-0.1, -0.05) is 11.2 Å². The summed E-state index contributed by atoms with van der Waals surface area (Å²) in [6.07, 6.45) is 0. The Kier molecular flexibility index (Phi) is 2.74. The lowest BCUT2D eigenvalue weighted by Crippen LogP contribution is -2.13. The summed E-state index contributed by atoms with van der Waals surface area (Å²) in [5.41, 5.74) is 7.78. The van der Waals surface area contributed by atoms with E-state index in [0.717, 1.165) is 11.3 Å². The number of aromatic amines is 1. The third-order valence-electron chi connectivity index (χ3n) is 2.29. The zero-order valence-corrected chi connectivity index (χ0v) is 8.86. The molecule has 0 aliphatic heterocycles. The van der Waals surface area contributed by atoms with Gasteiger partial charge in [0.1, 0.15) is 5.82 Å². The van der Waals surface area contributed by atoms with Crippen LogP contribution in [-0.2, 0) is 6.54 Å². The van der Waals surface area contributed by atoms with Crippen LogP contribution in [0.15, 0.2) is 23.4 Å². The Morgan fingerprint density at radius 1 is 1.62 bits per heavy atom. The molecule has 2 rings (SSSR count). The van der Waals surface area contributed by atoms with E-state index < -0.39 is 0 Å². The summed E-state index contributed by atoms with van der Waals surface area (Å²) in [5, 5.41) is 14.7. The minimum absolute atomic E-state index is 0.0631. The van der Waals surface area contributed by atoms with E-state index in [1.54, 1.807) is 6.07 Å². The predicted molar refractivity (Wildman–Crippen MR) is 61.4 cm³/mol. The molecule has 0 bridgehead atoms. The SMILES string of the molecule is CNCc1nc2c(C(N)=NO)cccc2[nH]1. The summed E-state index contributed by atoms with van der Waals surface area (Å²) in [6.45, 7) is 0.643. The molecular formula is C10H13N5O. The number of amidine groups is 1. The fourth-order valence-corrected chi connectivity index (χ4v) is 1.59. The minimum atomic E-state index is 0.0631. The summed E-state index contributed by atoms with van der Waals surface area (Å²) in [6, 6.07) is 5.49. The number of imidazole rings is 1. The van der Waals surface area contributed by atoms with Gasteiger partial charge in [-0.3, -0.25) is 0 Å². The second kappa shape index (κ2) is 4.19. The van der Waals surface area contributed by atoms with Crippen LogP contribution in [0, 0.1) is 0 Å². The molecule has 0 saturated heterocycles. The Hall–Kier alpha value is -2.08. The van der Waals surface area contributed by atoms with Crippen molar-refractivity contribution in [2.24, 2.45) is 10.9 Å². The Bertz CT molecular complexity index is 531. The smallest absolute Gasteiger partial charge is 0.172 e. The van der Waals surface area contributed by atoms with Crippen LogP contribution in [0.25, 0.3) is 11.0 Å². The quantitative estimate of drug-likeness (QED) is 0.259. The van der Waals surface area contributed by atoms with Gasteiger partial charge < -0.3 is 21.2 Å². The normalized spacial score (nSPS) is 12.2. The average Bonchev–Trinajstić information content (AvgIpc) is 2.70. The van der Waals surface area contributed by atoms with Gasteiger partial charge in [0.15, 0.2) is 5.84 Å². The molecule has 1 heterocycles. The number of H-pyrrole nitrogens is 1. The Balaban J connectivity index is 2.58. The fraction of sp³-hybridized carbons (Fsp3) is 0.200. The maximum Gasteiger partial charge on any atom is 0.172 e. The van der Waals surface area contributed by atoms with Crippen LogP contribution < -0.4 is 11.1 Å². The summed E-state index contributed by atoms with van der Waals surface area (Å²) < 4.78 is 0. The maximum atomic E-state index is 8.67. The monoisotopic (exact) mass is 219 g/mol. The van der Waals surface area contributed by atoms with E-state index >= 15 is 0 Å². The molecule has 16 heavy (non-hydrogen) atoms. The molecule has 2 aromatic rings. The summed E-state index contributed by atoms with van der Waals surface area (Å²) in [4.78, 5) is 7.53. The van der Waals surface area contributed by atoms with E-state index in [0.29, 0.717) is 17.6 Å². The van der Waals surface area contributed by atoms with Gasteiger partial charge in [-0.05, 0) is 19.2 Å². The molecule has 0 aliphatic carbocycles. The number of para-hydroxylation sites is 1. The van der Waals surface area contributed by atoms with Gasteiger partial charge in [-0.2, -0.15) is 0 Å². The van der Waals surface area contributed by atoms with Gasteiger partial charge in [0.05, 0.1) is 17.6 Å². The first kappa shape index (κ1) is 10.4. The molecule has 0 radical (unpaired) electrons. The number of nitrogens with two attached hydrogens (primary N) is 1. The average molecular weight is 219 g/mol. The first-order valence-electron chi connectivity index (χ1n) is 4.86. The topological polar surface area (TPSA) is 99.3 Å². The van der Waals surface area contributed by atoms with Crippen molar-refractivity contribution in [3.63, 3.8) is 0 Å². The van der Waals surface area contributed by atoms with E-state index in [1.165, 1.54) is 0 Å². The Morgan fingerprint density at radius 2 is 2.44 bits per heavy atom. The largest absolute Gasteiger partial charge is 0.409 e. The van der Waals surface area contributed by atoms with Gasteiger partial charge in [0.2, 0.25) is 0 Å². The van der Waals surface area contributed by atoms with Crippen molar-refractivity contribution in [2.45, 2.75) is 6.54 Å². The Labute approximate surface area is 92.2 Å². The summed E-state index contributed by atoms with van der Waals surface area (Å²) >= 11 is 0. The van der Waals surface area contributed by atoms with Crippen molar-refractivity contribution in [2.75, 3.05) is 7.05 Å². The molecule has 84 valence electrons. The molecule has 6 heteroatoms. The van der Waals surface area contributed by atoms with Crippen LogP contribution in [0.3, 0.4) is 0 Å². The number of nitrogens with one attached hydrogen (secondary N) is 2. The summed E-state index contributed by atoms with van der Waals surface area (Å²) in [5.74, 6) is 0.879. The van der Waals surface area contributed by atoms with Gasteiger partial charge in [-0.15, -0.1) is 0 Å². The molecule has 0 unspecified atom stereocenters. The first-order chi connectivity index (χ1) is 7.76. The zero-order valence-electron chi connectivity index (χ0n) is 8.86. The van der Waals surface area contributed by atoms with Crippen LogP contribution >= 0.6 is 0 Å². The molecule has 1 aromatic heterocycles. The highest BCUT2D eigenvalue weighted by molar-refractivity contribution is 6.06. The standard InChI is InChI=1S/C10H13N5O/c1-12-5-8-13-7-4-2-3-6(9(7)14-8)10(11)15-16/h2-4,12,16H,5H2,1H3,(H2,11,15)(H,13,14). The van der Waals surface area contributed by atoms with Gasteiger partial charge >= 0.3 is 0 Å². The van der Waals surface area contributed by atoms with Gasteiger partial charge in [-0.25, -0.2) is 4.98 Å². The number of fused-ring (bicyclic) bond motifs is 1. The molecule has 0 spiro atoms. The van der Waals surface area contributed by atoms with E-state index in [9.17, 15) is 0 Å². The van der Waals surface area contributed by atoms with E-state index in [1.807, 2.05) is 19.2 Å². The minimum Gasteiger partial charge on any atom is -0.409 e. The van der Waals surface area contributed by atoms with Crippen LogP contribution in [0.2, 0.25) is 0 Å². The van der Waals surface area contributed by atoms with E-state index in [2.05, 4.69) is 20.4 Å². The lowest BCUT2D eigenvalue weighted by molar-refractivity contribution is 0.318. The number of rotatable bonds is 3. The highest BCUT2D eigenvalue weighted by Crippen LogP contribution is 2.16. The number of nitrogens with zero attached hydrogens (tertiary/aromatic N) is 2. The third-order valence-corrected chi connectivity index (χ3v) is 2.29. The zero-order chi connectivity index (χ0) is 11.5. The van der Waals surface area contributed by atoms with Crippen molar-refractivity contribution in [1.29, 1.82) is 0 Å². The van der Waals surface area contributed by atoms with Gasteiger partial charge in [0, 0.05) is 5.56 Å². The molecule has 1 aromatic carbocycles. The van der Waals surface area contributed by atoms with Crippen molar-refractivity contribution < 1.29 is 5.21 Å². The predicted octanol–water partition coefficient (Wildman–Crippen LogP) is 0.377. The highest BCUT2D eigenvalue weighted by Gasteiger charge is 2.09. The molecule has 0 saturated carbocycles. The van der Waals surface area contributed by atoms with Crippen molar-refractivity contribution >= 4 is 16.9 Å². The molecule has 5 N–H and O–H groups in total. The van der Waals surface area contributed by atoms with E-state index in [-0.39, 0.29) is 5.84 Å². The van der Waals surface area contributed by atoms with Crippen LogP contribution in [0.5, 0.6) is 0 Å². The fourth-order valence-electron chi connectivity index (χ4n) is 1.59. The number of oxime groups is 1. The lowest BCUT2D eigenvalue weighted by Gasteiger charge is -1.98.